The Kier molecular flexibility index (Phi) is 3.88. The Morgan fingerprint density at radius 3 is 3.20 bits per heavy atom. The van der Waals surface area contributed by atoms with Crippen LogP contribution in [-0.4, -0.2) is 23.5 Å². The van der Waals surface area contributed by atoms with E-state index in [-0.39, 0.29) is 0 Å². The summed E-state index contributed by atoms with van der Waals surface area (Å²) >= 11 is 6.99. The number of fused-ring (bicyclic) bond motifs is 1. The van der Waals surface area contributed by atoms with Crippen LogP contribution in [0.5, 0.6) is 0 Å². The first-order valence-electron chi connectivity index (χ1n) is 4.58. The number of aromatic nitrogens is 1. The van der Waals surface area contributed by atoms with E-state index < -0.39 is 0 Å². The number of hydrogen-bond donors (Lipinski definition) is 1. The largest absolute Gasteiger partial charge is 0.361 e. The Labute approximate surface area is 106 Å². The summed E-state index contributed by atoms with van der Waals surface area (Å²) in [6, 6.07) is 6.19. The zero-order valence-electron chi connectivity index (χ0n) is 8.29. The highest BCUT2D eigenvalue weighted by molar-refractivity contribution is 9.10. The van der Waals surface area contributed by atoms with Gasteiger partial charge in [-0.05, 0) is 24.5 Å². The minimum absolute atomic E-state index is 0.974. The van der Waals surface area contributed by atoms with Gasteiger partial charge in [0.1, 0.15) is 0 Å². The molecule has 0 atom stereocenters. The number of halogens is 1. The van der Waals surface area contributed by atoms with Crippen molar-refractivity contribution in [1.82, 2.24) is 4.98 Å². The lowest BCUT2D eigenvalue weighted by molar-refractivity contribution is 1.21. The van der Waals surface area contributed by atoms with Gasteiger partial charge in [0.15, 0.2) is 5.13 Å². The highest BCUT2D eigenvalue weighted by atomic mass is 79.9. The second kappa shape index (κ2) is 5.18. The number of thioether (sulfide) groups is 1. The lowest BCUT2D eigenvalue weighted by atomic mass is 10.3. The molecule has 1 heterocycles. The van der Waals surface area contributed by atoms with Crippen molar-refractivity contribution in [2.45, 2.75) is 0 Å². The molecule has 1 aromatic carbocycles. The first-order valence-corrected chi connectivity index (χ1v) is 7.59. The van der Waals surface area contributed by atoms with Gasteiger partial charge in [0.2, 0.25) is 0 Å². The van der Waals surface area contributed by atoms with Crippen LogP contribution in [0.1, 0.15) is 0 Å². The Balaban J connectivity index is 2.16. The number of anilines is 1. The zero-order valence-corrected chi connectivity index (χ0v) is 11.5. The van der Waals surface area contributed by atoms with Crippen molar-refractivity contribution in [3.63, 3.8) is 0 Å². The van der Waals surface area contributed by atoms with Crippen LogP contribution in [0.15, 0.2) is 22.7 Å². The number of rotatable bonds is 4. The first-order chi connectivity index (χ1) is 7.29. The molecule has 0 spiro atoms. The quantitative estimate of drug-likeness (QED) is 0.869. The fraction of sp³-hybridized carbons (Fsp3) is 0.300. The summed E-state index contributed by atoms with van der Waals surface area (Å²) in [4.78, 5) is 4.51. The molecule has 80 valence electrons. The summed E-state index contributed by atoms with van der Waals surface area (Å²) in [7, 11) is 0. The lowest BCUT2D eigenvalue weighted by Crippen LogP contribution is -2.02. The number of thiazole rings is 1. The Hall–Kier alpha value is -0.260. The standard InChI is InChI=1S/C10H11BrN2S2/c1-14-5-4-12-10-13-8-6-7(11)2-3-9(8)15-10/h2-3,6H,4-5H2,1H3,(H,12,13). The molecule has 1 aromatic heterocycles. The topological polar surface area (TPSA) is 24.9 Å². The molecule has 2 rings (SSSR count). The summed E-state index contributed by atoms with van der Waals surface area (Å²) in [6.45, 7) is 0.974. The summed E-state index contributed by atoms with van der Waals surface area (Å²) < 4.78 is 2.31. The van der Waals surface area contributed by atoms with Crippen LogP contribution in [0, 0.1) is 0 Å². The monoisotopic (exact) mass is 302 g/mol. The fourth-order valence-corrected chi connectivity index (χ4v) is 2.76. The zero-order chi connectivity index (χ0) is 10.7. The summed E-state index contributed by atoms with van der Waals surface area (Å²) in [5.74, 6) is 1.11. The van der Waals surface area contributed by atoms with Crippen LogP contribution in [0.4, 0.5) is 5.13 Å². The molecule has 5 heteroatoms. The molecule has 0 aliphatic carbocycles. The van der Waals surface area contributed by atoms with Crippen LogP contribution < -0.4 is 5.32 Å². The van der Waals surface area contributed by atoms with Gasteiger partial charge in [-0.1, -0.05) is 27.3 Å². The van der Waals surface area contributed by atoms with Crippen molar-refractivity contribution >= 4 is 54.4 Å². The highest BCUT2D eigenvalue weighted by Crippen LogP contribution is 2.27. The van der Waals surface area contributed by atoms with Crippen molar-refractivity contribution in [1.29, 1.82) is 0 Å². The summed E-state index contributed by atoms with van der Waals surface area (Å²) in [6.07, 6.45) is 2.11. The predicted molar refractivity (Wildman–Crippen MR) is 74.2 cm³/mol. The molecule has 0 saturated heterocycles. The second-order valence-electron chi connectivity index (χ2n) is 3.05. The van der Waals surface area contributed by atoms with Crippen molar-refractivity contribution in [3.05, 3.63) is 22.7 Å². The van der Waals surface area contributed by atoms with E-state index in [0.29, 0.717) is 0 Å². The lowest BCUT2D eigenvalue weighted by Gasteiger charge is -1.98. The van der Waals surface area contributed by atoms with Gasteiger partial charge in [0.25, 0.3) is 0 Å². The fourth-order valence-electron chi connectivity index (χ4n) is 1.24. The molecule has 0 radical (unpaired) electrons. The normalized spacial score (nSPS) is 10.8. The van der Waals surface area contributed by atoms with Crippen LogP contribution >= 0.6 is 39.0 Å². The molecule has 1 N–H and O–H groups in total. The summed E-state index contributed by atoms with van der Waals surface area (Å²) in [5, 5.41) is 4.34. The highest BCUT2D eigenvalue weighted by Gasteiger charge is 2.02. The van der Waals surface area contributed by atoms with Crippen LogP contribution in [-0.2, 0) is 0 Å². The van der Waals surface area contributed by atoms with Crippen molar-refractivity contribution in [2.75, 3.05) is 23.9 Å². The van der Waals surface area contributed by atoms with Gasteiger partial charge in [0.05, 0.1) is 10.2 Å². The first kappa shape index (κ1) is 11.2. The van der Waals surface area contributed by atoms with Gasteiger partial charge in [0, 0.05) is 16.8 Å². The van der Waals surface area contributed by atoms with E-state index in [1.807, 2.05) is 23.9 Å². The van der Waals surface area contributed by atoms with E-state index in [2.05, 4.69) is 38.6 Å². The van der Waals surface area contributed by atoms with E-state index in [0.717, 1.165) is 27.4 Å². The Morgan fingerprint density at radius 2 is 2.40 bits per heavy atom. The number of nitrogens with one attached hydrogen (secondary N) is 1. The van der Waals surface area contributed by atoms with E-state index in [1.165, 1.54) is 4.70 Å². The molecule has 0 saturated carbocycles. The third-order valence-electron chi connectivity index (χ3n) is 1.93. The Bertz CT molecular complexity index is 456. The molecular weight excluding hydrogens is 292 g/mol. The van der Waals surface area contributed by atoms with E-state index >= 15 is 0 Å². The second-order valence-corrected chi connectivity index (χ2v) is 5.98. The molecule has 0 aliphatic rings. The molecule has 0 aliphatic heterocycles. The third kappa shape index (κ3) is 2.86. The van der Waals surface area contributed by atoms with Crippen LogP contribution in [0.25, 0.3) is 10.2 Å². The average Bonchev–Trinajstić information content (AvgIpc) is 2.60. The summed E-state index contributed by atoms with van der Waals surface area (Å²) in [5.41, 5.74) is 1.06. The molecule has 15 heavy (non-hydrogen) atoms. The SMILES string of the molecule is CSCCNc1nc2cc(Br)ccc2s1. The maximum atomic E-state index is 4.51. The molecule has 2 nitrogen and oxygen atoms in total. The maximum Gasteiger partial charge on any atom is 0.183 e. The van der Waals surface area contributed by atoms with E-state index in [9.17, 15) is 0 Å². The van der Waals surface area contributed by atoms with Gasteiger partial charge < -0.3 is 5.32 Å². The molecule has 0 bridgehead atoms. The molecule has 0 fully saturated rings. The Morgan fingerprint density at radius 1 is 1.53 bits per heavy atom. The third-order valence-corrected chi connectivity index (χ3v) is 4.03. The van der Waals surface area contributed by atoms with E-state index in [4.69, 9.17) is 0 Å². The smallest absolute Gasteiger partial charge is 0.183 e. The molecular formula is C10H11BrN2S2. The number of benzene rings is 1. The van der Waals surface area contributed by atoms with Crippen molar-refractivity contribution < 1.29 is 0 Å². The molecule has 2 aromatic rings. The van der Waals surface area contributed by atoms with Gasteiger partial charge in [-0.2, -0.15) is 11.8 Å². The van der Waals surface area contributed by atoms with Crippen molar-refractivity contribution in [2.24, 2.45) is 0 Å². The molecule has 0 amide bonds. The van der Waals surface area contributed by atoms with Crippen molar-refractivity contribution in [3.8, 4) is 0 Å². The van der Waals surface area contributed by atoms with Crippen LogP contribution in [0.3, 0.4) is 0 Å². The van der Waals surface area contributed by atoms with E-state index in [1.54, 1.807) is 11.3 Å². The number of hydrogen-bond acceptors (Lipinski definition) is 4. The molecule has 0 unspecified atom stereocenters. The number of nitrogens with zero attached hydrogens (tertiary/aromatic N) is 1. The minimum atomic E-state index is 0.974. The van der Waals surface area contributed by atoms with Gasteiger partial charge in [-0.25, -0.2) is 4.98 Å². The van der Waals surface area contributed by atoms with Gasteiger partial charge >= 0.3 is 0 Å². The predicted octanol–water partition coefficient (Wildman–Crippen LogP) is 3.83. The maximum absolute atomic E-state index is 4.51. The van der Waals surface area contributed by atoms with Gasteiger partial charge in [-0.15, -0.1) is 0 Å². The minimum Gasteiger partial charge on any atom is -0.361 e. The van der Waals surface area contributed by atoms with Crippen LogP contribution in [0.2, 0.25) is 0 Å². The average molecular weight is 303 g/mol. The van der Waals surface area contributed by atoms with Gasteiger partial charge in [-0.3, -0.25) is 0 Å².